The van der Waals surface area contributed by atoms with Gasteiger partial charge in [-0.15, -0.1) is 0 Å². The van der Waals surface area contributed by atoms with E-state index in [9.17, 15) is 4.79 Å². The molecule has 0 fully saturated rings. The minimum absolute atomic E-state index is 0.0184. The Balaban J connectivity index is 1.32. The number of hydrogen-bond acceptors (Lipinski definition) is 4. The monoisotopic (exact) mass is 341 g/mol. The summed E-state index contributed by atoms with van der Waals surface area (Å²) in [6.07, 6.45) is 2.59. The predicted octanol–water partition coefficient (Wildman–Crippen LogP) is 2.66. The van der Waals surface area contributed by atoms with Gasteiger partial charge in [0.1, 0.15) is 13.2 Å². The molecule has 2 aromatic rings. The maximum atomic E-state index is 12.3. The molecular formula is C19H23N3O3. The highest BCUT2D eigenvalue weighted by Gasteiger charge is 2.23. The zero-order valence-electron chi connectivity index (χ0n) is 14.4. The second-order valence-corrected chi connectivity index (χ2v) is 6.50. The summed E-state index contributed by atoms with van der Waals surface area (Å²) in [6, 6.07) is 10.1. The van der Waals surface area contributed by atoms with E-state index in [2.05, 4.69) is 40.0 Å². The van der Waals surface area contributed by atoms with Gasteiger partial charge >= 0.3 is 0 Å². The Hall–Kier alpha value is -2.47. The molecule has 0 aliphatic carbocycles. The highest BCUT2D eigenvalue weighted by molar-refractivity contribution is 5.91. The van der Waals surface area contributed by atoms with E-state index in [-0.39, 0.29) is 5.91 Å². The van der Waals surface area contributed by atoms with Crippen LogP contribution in [0.5, 0.6) is 11.5 Å². The topological polar surface area (TPSA) is 55.7 Å². The zero-order chi connectivity index (χ0) is 17.2. The number of aromatic nitrogens is 1. The van der Waals surface area contributed by atoms with Gasteiger partial charge in [-0.1, -0.05) is 0 Å². The lowest BCUT2D eigenvalue weighted by Gasteiger charge is -2.34. The zero-order valence-corrected chi connectivity index (χ0v) is 14.4. The van der Waals surface area contributed by atoms with E-state index in [1.54, 1.807) is 0 Å². The van der Waals surface area contributed by atoms with Gasteiger partial charge in [-0.25, -0.2) is 0 Å². The summed E-state index contributed by atoms with van der Waals surface area (Å²) < 4.78 is 13.3. The fourth-order valence-corrected chi connectivity index (χ4v) is 3.52. The third-order valence-corrected chi connectivity index (χ3v) is 4.92. The summed E-state index contributed by atoms with van der Waals surface area (Å²) in [6.45, 7) is 6.01. The lowest BCUT2D eigenvalue weighted by atomic mass is 10.1. The van der Waals surface area contributed by atoms with E-state index < -0.39 is 0 Å². The van der Waals surface area contributed by atoms with Crippen LogP contribution in [-0.2, 0) is 11.3 Å². The van der Waals surface area contributed by atoms with Crippen LogP contribution in [0.3, 0.4) is 0 Å². The Morgan fingerprint density at radius 2 is 2.04 bits per heavy atom. The number of nitrogens with zero attached hydrogens (tertiary/aromatic N) is 2. The number of rotatable bonds is 4. The van der Waals surface area contributed by atoms with E-state index >= 15 is 0 Å². The van der Waals surface area contributed by atoms with Crippen molar-refractivity contribution in [2.45, 2.75) is 25.9 Å². The fourth-order valence-electron chi connectivity index (χ4n) is 3.52. The molecular weight excluding hydrogens is 318 g/mol. The van der Waals surface area contributed by atoms with Crippen LogP contribution >= 0.6 is 0 Å². The molecule has 2 aliphatic rings. The van der Waals surface area contributed by atoms with Crippen molar-refractivity contribution in [3.8, 4) is 11.5 Å². The largest absolute Gasteiger partial charge is 0.486 e. The summed E-state index contributed by atoms with van der Waals surface area (Å²) in [5, 5.41) is 2.95. The summed E-state index contributed by atoms with van der Waals surface area (Å²) in [5.41, 5.74) is 2.06. The van der Waals surface area contributed by atoms with Crippen LogP contribution in [0.1, 0.15) is 25.1 Å². The van der Waals surface area contributed by atoms with Crippen LogP contribution in [0.4, 0.5) is 5.69 Å². The molecule has 6 heteroatoms. The van der Waals surface area contributed by atoms with Gasteiger partial charge < -0.3 is 19.4 Å². The van der Waals surface area contributed by atoms with Gasteiger partial charge in [-0.05, 0) is 31.2 Å². The van der Waals surface area contributed by atoms with Crippen molar-refractivity contribution < 1.29 is 14.3 Å². The number of hydrogen-bond donors (Lipinski definition) is 1. The van der Waals surface area contributed by atoms with Crippen molar-refractivity contribution in [1.82, 2.24) is 9.47 Å². The van der Waals surface area contributed by atoms with Crippen LogP contribution in [0, 0.1) is 0 Å². The maximum absolute atomic E-state index is 12.3. The van der Waals surface area contributed by atoms with Crippen LogP contribution in [-0.4, -0.2) is 41.7 Å². The molecule has 2 aliphatic heterocycles. The van der Waals surface area contributed by atoms with Crippen molar-refractivity contribution in [3.05, 3.63) is 42.2 Å². The first kappa shape index (κ1) is 16.0. The summed E-state index contributed by atoms with van der Waals surface area (Å²) in [5.74, 6) is 1.44. The molecule has 1 aromatic carbocycles. The number of carbonyl (C=O) groups excluding carboxylic acids is 1. The van der Waals surface area contributed by atoms with Crippen molar-refractivity contribution in [2.75, 3.05) is 31.6 Å². The molecule has 1 atom stereocenters. The SMILES string of the molecule is CC1c2cccn2CCN1CCC(=O)Nc1ccc2c(c1)OCCO2. The fraction of sp³-hybridized carbons (Fsp3) is 0.421. The van der Waals surface area contributed by atoms with E-state index in [0.717, 1.165) is 31.1 Å². The van der Waals surface area contributed by atoms with Gasteiger partial charge in [0, 0.05) is 55.7 Å². The molecule has 3 heterocycles. The van der Waals surface area contributed by atoms with E-state index in [4.69, 9.17) is 9.47 Å². The Morgan fingerprint density at radius 1 is 1.20 bits per heavy atom. The van der Waals surface area contributed by atoms with Crippen LogP contribution in [0.15, 0.2) is 36.5 Å². The number of nitrogens with one attached hydrogen (secondary N) is 1. The van der Waals surface area contributed by atoms with Crippen LogP contribution in [0.2, 0.25) is 0 Å². The lowest BCUT2D eigenvalue weighted by molar-refractivity contribution is -0.116. The molecule has 25 heavy (non-hydrogen) atoms. The number of benzene rings is 1. The van der Waals surface area contributed by atoms with Gasteiger partial charge in [0.25, 0.3) is 0 Å². The molecule has 0 saturated carbocycles. The highest BCUT2D eigenvalue weighted by Crippen LogP contribution is 2.32. The summed E-state index contributed by atoms with van der Waals surface area (Å²) in [7, 11) is 0. The number of fused-ring (bicyclic) bond motifs is 2. The molecule has 132 valence electrons. The van der Waals surface area contributed by atoms with Gasteiger partial charge in [-0.3, -0.25) is 9.69 Å². The second kappa shape index (κ2) is 6.80. The standard InChI is InChI=1S/C19H23N3O3/c1-14-16-3-2-7-22(16)10-9-21(14)8-6-19(23)20-15-4-5-17-18(13-15)25-12-11-24-17/h2-5,7,13-14H,6,8-12H2,1H3,(H,20,23). The molecule has 0 bridgehead atoms. The first-order valence-electron chi connectivity index (χ1n) is 8.79. The minimum atomic E-state index is 0.0184. The average molecular weight is 341 g/mol. The quantitative estimate of drug-likeness (QED) is 0.929. The van der Waals surface area contributed by atoms with Crippen molar-refractivity contribution in [3.63, 3.8) is 0 Å². The van der Waals surface area contributed by atoms with Crippen LogP contribution in [0.25, 0.3) is 0 Å². The Labute approximate surface area is 147 Å². The molecule has 0 radical (unpaired) electrons. The first-order valence-corrected chi connectivity index (χ1v) is 8.79. The van der Waals surface area contributed by atoms with Gasteiger partial charge in [0.15, 0.2) is 11.5 Å². The molecule has 4 rings (SSSR count). The predicted molar refractivity (Wildman–Crippen MR) is 95.1 cm³/mol. The Bertz CT molecular complexity index is 771. The molecule has 1 amide bonds. The highest BCUT2D eigenvalue weighted by atomic mass is 16.6. The maximum Gasteiger partial charge on any atom is 0.225 e. The van der Waals surface area contributed by atoms with Crippen molar-refractivity contribution in [1.29, 1.82) is 0 Å². The van der Waals surface area contributed by atoms with Gasteiger partial charge in [-0.2, -0.15) is 0 Å². The van der Waals surface area contributed by atoms with Gasteiger partial charge in [0.2, 0.25) is 5.91 Å². The van der Waals surface area contributed by atoms with E-state index in [1.807, 2.05) is 18.2 Å². The molecule has 1 unspecified atom stereocenters. The summed E-state index contributed by atoms with van der Waals surface area (Å²) >= 11 is 0. The molecule has 1 aromatic heterocycles. The number of ether oxygens (including phenoxy) is 2. The van der Waals surface area contributed by atoms with E-state index in [1.165, 1.54) is 5.69 Å². The Morgan fingerprint density at radius 3 is 2.92 bits per heavy atom. The third-order valence-electron chi connectivity index (χ3n) is 4.92. The van der Waals surface area contributed by atoms with E-state index in [0.29, 0.717) is 31.4 Å². The lowest BCUT2D eigenvalue weighted by Crippen LogP contribution is -2.38. The first-order chi connectivity index (χ1) is 12.2. The summed E-state index contributed by atoms with van der Waals surface area (Å²) in [4.78, 5) is 14.7. The molecule has 6 nitrogen and oxygen atoms in total. The molecule has 1 N–H and O–H groups in total. The Kier molecular flexibility index (Phi) is 4.36. The second-order valence-electron chi connectivity index (χ2n) is 6.50. The molecule has 0 saturated heterocycles. The normalized spacial score (nSPS) is 19.3. The minimum Gasteiger partial charge on any atom is -0.486 e. The van der Waals surface area contributed by atoms with Crippen LogP contribution < -0.4 is 14.8 Å². The number of carbonyl (C=O) groups is 1. The number of amides is 1. The van der Waals surface area contributed by atoms with Crippen molar-refractivity contribution >= 4 is 11.6 Å². The number of anilines is 1. The van der Waals surface area contributed by atoms with Crippen molar-refractivity contribution in [2.24, 2.45) is 0 Å². The third kappa shape index (κ3) is 3.35. The smallest absolute Gasteiger partial charge is 0.225 e. The molecule has 0 spiro atoms. The average Bonchev–Trinajstić information content (AvgIpc) is 3.11. The van der Waals surface area contributed by atoms with Gasteiger partial charge in [0.05, 0.1) is 0 Å².